The van der Waals surface area contributed by atoms with Crippen LogP contribution >= 0.6 is 0 Å². The van der Waals surface area contributed by atoms with Gasteiger partial charge in [0.25, 0.3) is 11.6 Å². The molecule has 1 fully saturated rings. The molecule has 1 aliphatic heterocycles. The first-order valence-electron chi connectivity index (χ1n) is 11.1. The molecule has 0 aromatic heterocycles. The highest BCUT2D eigenvalue weighted by Gasteiger charge is 2.24. The molecule has 1 saturated heterocycles. The van der Waals surface area contributed by atoms with Crippen molar-refractivity contribution in [2.24, 2.45) is 0 Å². The summed E-state index contributed by atoms with van der Waals surface area (Å²) in [6, 6.07) is 5.56. The van der Waals surface area contributed by atoms with E-state index in [0.717, 1.165) is 52.0 Å². The molecule has 1 aromatic rings. The minimum Gasteiger partial charge on any atom is -0.473 e. The zero-order chi connectivity index (χ0) is 25.7. The molecule has 34 heavy (non-hydrogen) atoms. The van der Waals surface area contributed by atoms with Crippen LogP contribution in [0.5, 0.6) is 0 Å². The second-order valence-corrected chi connectivity index (χ2v) is 7.61. The number of non-ortho nitro benzene ring substituents is 1. The van der Waals surface area contributed by atoms with Crippen molar-refractivity contribution in [3.8, 4) is 0 Å². The molecule has 0 unspecified atom stereocenters. The van der Waals surface area contributed by atoms with Crippen LogP contribution in [-0.4, -0.2) is 99.4 Å². The summed E-state index contributed by atoms with van der Waals surface area (Å²) in [7, 11) is 0. The van der Waals surface area contributed by atoms with Crippen molar-refractivity contribution in [2.75, 3.05) is 45.8 Å². The van der Waals surface area contributed by atoms with E-state index >= 15 is 0 Å². The van der Waals surface area contributed by atoms with Gasteiger partial charge in [-0.2, -0.15) is 0 Å². The Bertz CT molecular complexity index is 837. The molecule has 0 bridgehead atoms. The lowest BCUT2D eigenvalue weighted by Crippen LogP contribution is -2.43. The van der Waals surface area contributed by atoms with Crippen molar-refractivity contribution in [2.45, 2.75) is 33.1 Å². The van der Waals surface area contributed by atoms with Gasteiger partial charge in [-0.15, -0.1) is 0 Å². The van der Waals surface area contributed by atoms with Gasteiger partial charge in [0.05, 0.1) is 4.92 Å². The average molecular weight is 481 g/mol. The summed E-state index contributed by atoms with van der Waals surface area (Å²) in [5, 5.41) is 25.6. The van der Waals surface area contributed by atoms with Crippen molar-refractivity contribution in [3.05, 3.63) is 39.9 Å². The van der Waals surface area contributed by atoms with Crippen LogP contribution in [0.1, 0.15) is 43.5 Å². The van der Waals surface area contributed by atoms with Gasteiger partial charge in [0, 0.05) is 37.3 Å². The molecule has 0 saturated carbocycles. The number of nitro groups is 1. The Morgan fingerprint density at radius 1 is 0.971 bits per heavy atom. The second-order valence-electron chi connectivity index (χ2n) is 7.61. The Balaban J connectivity index is 0.000000852. The smallest absolute Gasteiger partial charge is 0.414 e. The first kappa shape index (κ1) is 28.5. The van der Waals surface area contributed by atoms with Gasteiger partial charge in [0.1, 0.15) is 6.54 Å². The summed E-state index contributed by atoms with van der Waals surface area (Å²) >= 11 is 0. The molecule has 2 amide bonds. The lowest BCUT2D eigenvalue weighted by molar-refractivity contribution is -0.384. The number of rotatable bonds is 10. The topological polar surface area (TPSA) is 162 Å². The normalized spacial score (nSPS) is 12.6. The van der Waals surface area contributed by atoms with Gasteiger partial charge in [0.2, 0.25) is 5.91 Å². The van der Waals surface area contributed by atoms with Gasteiger partial charge in [-0.25, -0.2) is 9.59 Å². The summed E-state index contributed by atoms with van der Waals surface area (Å²) in [5.41, 5.74) is 0.306. The second kappa shape index (κ2) is 14.6. The standard InChI is InChI=1S/C20H30N4O4.C2H2O4/c1-3-21(4-2)12-7-15-23(16-19(25)22-13-5-6-14-22)20(26)17-8-10-18(11-9-17)24(27)28;3-1(4)2(5)6/h8-11H,3-7,12-16H2,1-2H3;(H,3,4)(H,5,6). The van der Waals surface area contributed by atoms with Crippen LogP contribution in [0.4, 0.5) is 5.69 Å². The molecule has 12 nitrogen and oxygen atoms in total. The van der Waals surface area contributed by atoms with Gasteiger partial charge in [-0.05, 0) is 51.0 Å². The van der Waals surface area contributed by atoms with E-state index in [4.69, 9.17) is 19.8 Å². The number of benzene rings is 1. The number of carbonyl (C=O) groups is 4. The summed E-state index contributed by atoms with van der Waals surface area (Å²) < 4.78 is 0. The quantitative estimate of drug-likeness (QED) is 0.287. The van der Waals surface area contributed by atoms with Crippen LogP contribution < -0.4 is 0 Å². The Kier molecular flexibility index (Phi) is 12.2. The van der Waals surface area contributed by atoms with Crippen LogP contribution in [0.3, 0.4) is 0 Å². The fourth-order valence-electron chi connectivity index (χ4n) is 3.42. The number of nitrogens with zero attached hydrogens (tertiary/aromatic N) is 4. The summed E-state index contributed by atoms with van der Waals surface area (Å²) in [4.78, 5) is 59.7. The van der Waals surface area contributed by atoms with Crippen LogP contribution in [0, 0.1) is 10.1 Å². The molecule has 0 radical (unpaired) electrons. The first-order valence-corrected chi connectivity index (χ1v) is 11.1. The van der Waals surface area contributed by atoms with Crippen LogP contribution in [-0.2, 0) is 14.4 Å². The summed E-state index contributed by atoms with van der Waals surface area (Å²) in [6.07, 6.45) is 2.78. The molecule has 1 heterocycles. The van der Waals surface area contributed by atoms with Crippen molar-refractivity contribution < 1.29 is 34.3 Å². The minimum atomic E-state index is -1.82. The Labute approximate surface area is 197 Å². The highest BCUT2D eigenvalue weighted by molar-refractivity contribution is 6.27. The van der Waals surface area contributed by atoms with E-state index in [-0.39, 0.29) is 24.0 Å². The lowest BCUT2D eigenvalue weighted by atomic mass is 10.1. The molecule has 12 heteroatoms. The number of aliphatic carboxylic acids is 2. The van der Waals surface area contributed by atoms with Gasteiger partial charge in [-0.1, -0.05) is 13.8 Å². The van der Waals surface area contributed by atoms with Crippen LogP contribution in [0.25, 0.3) is 0 Å². The van der Waals surface area contributed by atoms with E-state index < -0.39 is 16.9 Å². The van der Waals surface area contributed by atoms with Gasteiger partial charge < -0.3 is 24.9 Å². The number of amides is 2. The van der Waals surface area contributed by atoms with Gasteiger partial charge in [-0.3, -0.25) is 19.7 Å². The van der Waals surface area contributed by atoms with Gasteiger partial charge >= 0.3 is 11.9 Å². The van der Waals surface area contributed by atoms with E-state index in [1.165, 1.54) is 24.3 Å². The van der Waals surface area contributed by atoms with Crippen molar-refractivity contribution in [3.63, 3.8) is 0 Å². The number of carboxylic acids is 2. The molecule has 0 atom stereocenters. The Morgan fingerprint density at radius 3 is 1.94 bits per heavy atom. The van der Waals surface area contributed by atoms with E-state index in [1.807, 2.05) is 0 Å². The zero-order valence-electron chi connectivity index (χ0n) is 19.5. The molecular formula is C22H32N4O8. The molecule has 1 aliphatic rings. The van der Waals surface area contributed by atoms with Gasteiger partial charge in [0.15, 0.2) is 0 Å². The molecule has 188 valence electrons. The average Bonchev–Trinajstić information content (AvgIpc) is 3.36. The number of nitro benzene ring substituents is 1. The van der Waals surface area contributed by atoms with Crippen molar-refractivity contribution >= 4 is 29.4 Å². The first-order chi connectivity index (χ1) is 16.1. The summed E-state index contributed by atoms with van der Waals surface area (Å²) in [5.74, 6) is -3.94. The number of hydrogen-bond donors (Lipinski definition) is 2. The molecule has 0 spiro atoms. The van der Waals surface area contributed by atoms with E-state index in [0.29, 0.717) is 12.1 Å². The SMILES string of the molecule is CCN(CC)CCCN(CC(=O)N1CCCC1)C(=O)c1ccc([N+](=O)[O-])cc1.O=C(O)C(=O)O. The number of carboxylic acid groups (broad SMARTS) is 2. The predicted octanol–water partition coefficient (Wildman–Crippen LogP) is 1.55. The fraction of sp³-hybridized carbons (Fsp3) is 0.545. The largest absolute Gasteiger partial charge is 0.473 e. The number of carbonyl (C=O) groups excluding carboxylic acids is 2. The third-order valence-corrected chi connectivity index (χ3v) is 5.38. The molecule has 2 rings (SSSR count). The monoisotopic (exact) mass is 480 g/mol. The van der Waals surface area contributed by atoms with Crippen molar-refractivity contribution in [1.82, 2.24) is 14.7 Å². The predicted molar refractivity (Wildman–Crippen MR) is 122 cm³/mol. The number of likely N-dealkylation sites (tertiary alicyclic amines) is 1. The van der Waals surface area contributed by atoms with E-state index in [9.17, 15) is 19.7 Å². The molecule has 2 N–H and O–H groups in total. The Hall–Kier alpha value is -3.54. The maximum absolute atomic E-state index is 13.0. The lowest BCUT2D eigenvalue weighted by Gasteiger charge is -2.26. The maximum Gasteiger partial charge on any atom is 0.414 e. The summed E-state index contributed by atoms with van der Waals surface area (Å²) in [6.45, 7) is 8.96. The molecular weight excluding hydrogens is 448 g/mol. The maximum atomic E-state index is 13.0. The van der Waals surface area contributed by atoms with E-state index in [2.05, 4.69) is 18.7 Å². The Morgan fingerprint density at radius 2 is 1.50 bits per heavy atom. The third-order valence-electron chi connectivity index (χ3n) is 5.38. The number of hydrogen-bond acceptors (Lipinski definition) is 7. The van der Waals surface area contributed by atoms with E-state index in [1.54, 1.807) is 9.80 Å². The minimum absolute atomic E-state index is 0.0319. The fourth-order valence-corrected chi connectivity index (χ4v) is 3.42. The molecule has 1 aromatic carbocycles. The highest BCUT2D eigenvalue weighted by Crippen LogP contribution is 2.15. The third kappa shape index (κ3) is 9.53. The van der Waals surface area contributed by atoms with Crippen LogP contribution in [0.15, 0.2) is 24.3 Å². The molecule has 0 aliphatic carbocycles. The van der Waals surface area contributed by atoms with Crippen molar-refractivity contribution in [1.29, 1.82) is 0 Å². The highest BCUT2D eigenvalue weighted by atomic mass is 16.6. The zero-order valence-corrected chi connectivity index (χ0v) is 19.5. The van der Waals surface area contributed by atoms with Crippen LogP contribution in [0.2, 0.25) is 0 Å².